The summed E-state index contributed by atoms with van der Waals surface area (Å²) < 4.78 is 2.39. The standard InChI is InChI=1S/C26H28N4/c1-20-18-23-6-3-4-8-25(23)30(20)19-21-9-11-22(12-10-21)24-7-5-13-27-26(24)29-16-14-28(2)15-17-29/h3-13,18H,14-17,19H2,1-2H3. The van der Waals surface area contributed by atoms with Crippen LogP contribution in [0.5, 0.6) is 0 Å². The van der Waals surface area contributed by atoms with Crippen LogP contribution in [0.3, 0.4) is 0 Å². The number of nitrogens with zero attached hydrogens (tertiary/aromatic N) is 4. The van der Waals surface area contributed by atoms with E-state index in [2.05, 4.69) is 89.0 Å². The lowest BCUT2D eigenvalue weighted by molar-refractivity contribution is 0.312. The number of aromatic nitrogens is 2. The summed E-state index contributed by atoms with van der Waals surface area (Å²) >= 11 is 0. The van der Waals surface area contributed by atoms with Gasteiger partial charge < -0.3 is 14.4 Å². The van der Waals surface area contributed by atoms with Crippen LogP contribution >= 0.6 is 0 Å². The van der Waals surface area contributed by atoms with Crippen molar-refractivity contribution in [3.8, 4) is 11.1 Å². The highest BCUT2D eigenvalue weighted by Crippen LogP contribution is 2.30. The van der Waals surface area contributed by atoms with Crippen molar-refractivity contribution in [2.45, 2.75) is 13.5 Å². The normalized spacial score (nSPS) is 15.1. The molecule has 0 N–H and O–H groups in total. The number of piperazine rings is 1. The van der Waals surface area contributed by atoms with Crippen molar-refractivity contribution < 1.29 is 0 Å². The first-order chi connectivity index (χ1) is 14.7. The average Bonchev–Trinajstić information content (AvgIpc) is 3.10. The predicted octanol–water partition coefficient (Wildman–Crippen LogP) is 4.81. The molecule has 4 heteroatoms. The van der Waals surface area contributed by atoms with Crippen molar-refractivity contribution in [3.63, 3.8) is 0 Å². The van der Waals surface area contributed by atoms with Crippen molar-refractivity contribution in [1.82, 2.24) is 14.5 Å². The minimum atomic E-state index is 0.887. The molecule has 0 unspecified atom stereocenters. The minimum absolute atomic E-state index is 0.887. The summed E-state index contributed by atoms with van der Waals surface area (Å²) in [6.45, 7) is 7.29. The summed E-state index contributed by atoms with van der Waals surface area (Å²) in [6.07, 6.45) is 1.91. The molecular weight excluding hydrogens is 368 g/mol. The largest absolute Gasteiger partial charge is 0.354 e. The first-order valence-electron chi connectivity index (χ1n) is 10.7. The Labute approximate surface area is 178 Å². The molecule has 0 amide bonds. The highest BCUT2D eigenvalue weighted by Gasteiger charge is 2.18. The van der Waals surface area contributed by atoms with Gasteiger partial charge in [-0.3, -0.25) is 0 Å². The van der Waals surface area contributed by atoms with Gasteiger partial charge in [-0.15, -0.1) is 0 Å². The van der Waals surface area contributed by atoms with Crippen LogP contribution in [-0.2, 0) is 6.54 Å². The van der Waals surface area contributed by atoms with Gasteiger partial charge in [0, 0.05) is 55.7 Å². The maximum absolute atomic E-state index is 4.74. The molecule has 1 fully saturated rings. The fourth-order valence-corrected chi connectivity index (χ4v) is 4.42. The number of fused-ring (bicyclic) bond motifs is 1. The number of aryl methyl sites for hydroxylation is 1. The predicted molar refractivity (Wildman–Crippen MR) is 125 cm³/mol. The average molecular weight is 397 g/mol. The summed E-state index contributed by atoms with van der Waals surface area (Å²) in [5, 5.41) is 1.30. The number of hydrogen-bond donors (Lipinski definition) is 0. The SMILES string of the molecule is Cc1cc2ccccc2n1Cc1ccc(-c2cccnc2N2CCN(C)CC2)cc1. The van der Waals surface area contributed by atoms with E-state index in [0.717, 1.165) is 38.5 Å². The molecule has 0 atom stereocenters. The van der Waals surface area contributed by atoms with Gasteiger partial charge in [0.25, 0.3) is 0 Å². The van der Waals surface area contributed by atoms with Gasteiger partial charge in [0.05, 0.1) is 0 Å². The molecule has 4 aromatic rings. The van der Waals surface area contributed by atoms with Crippen molar-refractivity contribution in [2.24, 2.45) is 0 Å². The van der Waals surface area contributed by atoms with Crippen LogP contribution in [0.25, 0.3) is 22.0 Å². The molecule has 4 nitrogen and oxygen atoms in total. The molecule has 0 saturated carbocycles. The second kappa shape index (κ2) is 7.96. The topological polar surface area (TPSA) is 24.3 Å². The van der Waals surface area contributed by atoms with E-state index < -0.39 is 0 Å². The number of para-hydroxylation sites is 1. The lowest BCUT2D eigenvalue weighted by atomic mass is 10.0. The Hall–Kier alpha value is -3.11. The molecule has 1 saturated heterocycles. The van der Waals surface area contributed by atoms with Crippen LogP contribution in [0.15, 0.2) is 72.9 Å². The molecule has 2 aromatic heterocycles. The zero-order valence-corrected chi connectivity index (χ0v) is 17.8. The molecule has 1 aliphatic rings. The van der Waals surface area contributed by atoms with Crippen molar-refractivity contribution in [3.05, 3.63) is 84.2 Å². The zero-order valence-electron chi connectivity index (χ0n) is 17.8. The smallest absolute Gasteiger partial charge is 0.136 e. The van der Waals surface area contributed by atoms with Gasteiger partial charge in [-0.25, -0.2) is 4.98 Å². The molecule has 30 heavy (non-hydrogen) atoms. The van der Waals surface area contributed by atoms with Gasteiger partial charge in [-0.05, 0) is 54.8 Å². The summed E-state index contributed by atoms with van der Waals surface area (Å²) in [5.41, 5.74) is 6.35. The van der Waals surface area contributed by atoms with Crippen LogP contribution in [0.4, 0.5) is 5.82 Å². The van der Waals surface area contributed by atoms with E-state index in [1.165, 1.54) is 33.3 Å². The van der Waals surface area contributed by atoms with E-state index in [1.807, 2.05) is 12.3 Å². The molecule has 0 bridgehead atoms. The molecular formula is C26H28N4. The Kier molecular flexibility index (Phi) is 5.01. The van der Waals surface area contributed by atoms with Gasteiger partial charge >= 0.3 is 0 Å². The second-order valence-corrected chi connectivity index (χ2v) is 8.29. The zero-order chi connectivity index (χ0) is 20.5. The van der Waals surface area contributed by atoms with Crippen LogP contribution in [0.2, 0.25) is 0 Å². The number of hydrogen-bond acceptors (Lipinski definition) is 3. The fraction of sp³-hybridized carbons (Fsp3) is 0.269. The molecule has 1 aliphatic heterocycles. The van der Waals surface area contributed by atoms with Crippen LogP contribution in [0.1, 0.15) is 11.3 Å². The van der Waals surface area contributed by atoms with Crippen LogP contribution in [0, 0.1) is 6.92 Å². The van der Waals surface area contributed by atoms with Gasteiger partial charge in [0.15, 0.2) is 0 Å². The molecule has 5 rings (SSSR count). The van der Waals surface area contributed by atoms with Gasteiger partial charge in [0.1, 0.15) is 5.82 Å². The maximum Gasteiger partial charge on any atom is 0.136 e. The van der Waals surface area contributed by atoms with Gasteiger partial charge in [0.2, 0.25) is 0 Å². The van der Waals surface area contributed by atoms with Crippen LogP contribution < -0.4 is 4.90 Å². The third kappa shape index (κ3) is 3.59. The quantitative estimate of drug-likeness (QED) is 0.495. The van der Waals surface area contributed by atoms with E-state index in [9.17, 15) is 0 Å². The highest BCUT2D eigenvalue weighted by atomic mass is 15.3. The fourth-order valence-electron chi connectivity index (χ4n) is 4.42. The lowest BCUT2D eigenvalue weighted by Crippen LogP contribution is -2.45. The van der Waals surface area contributed by atoms with Crippen molar-refractivity contribution >= 4 is 16.7 Å². The molecule has 3 heterocycles. The molecule has 0 spiro atoms. The Bertz CT molecular complexity index is 1150. The molecule has 152 valence electrons. The van der Waals surface area contributed by atoms with E-state index in [4.69, 9.17) is 4.98 Å². The number of anilines is 1. The van der Waals surface area contributed by atoms with E-state index >= 15 is 0 Å². The van der Waals surface area contributed by atoms with Gasteiger partial charge in [-0.1, -0.05) is 42.5 Å². The molecule has 0 aliphatic carbocycles. The third-order valence-corrected chi connectivity index (χ3v) is 6.21. The van der Waals surface area contributed by atoms with E-state index in [-0.39, 0.29) is 0 Å². The number of rotatable bonds is 4. The van der Waals surface area contributed by atoms with E-state index in [1.54, 1.807) is 0 Å². The summed E-state index contributed by atoms with van der Waals surface area (Å²) in [5.74, 6) is 1.10. The number of likely N-dealkylation sites (N-methyl/N-ethyl adjacent to an activating group) is 1. The van der Waals surface area contributed by atoms with E-state index in [0.29, 0.717) is 0 Å². The number of pyridine rings is 1. The third-order valence-electron chi connectivity index (χ3n) is 6.21. The minimum Gasteiger partial charge on any atom is -0.354 e. The van der Waals surface area contributed by atoms with Crippen molar-refractivity contribution in [1.29, 1.82) is 0 Å². The summed E-state index contributed by atoms with van der Waals surface area (Å²) in [7, 11) is 2.19. The van der Waals surface area contributed by atoms with Crippen molar-refractivity contribution in [2.75, 3.05) is 38.1 Å². The molecule has 2 aromatic carbocycles. The lowest BCUT2D eigenvalue weighted by Gasteiger charge is -2.34. The highest BCUT2D eigenvalue weighted by molar-refractivity contribution is 5.81. The Morgan fingerprint density at radius 3 is 2.43 bits per heavy atom. The second-order valence-electron chi connectivity index (χ2n) is 8.29. The Balaban J connectivity index is 1.41. The number of benzene rings is 2. The maximum atomic E-state index is 4.74. The summed E-state index contributed by atoms with van der Waals surface area (Å²) in [6, 6.07) is 24.1. The summed E-state index contributed by atoms with van der Waals surface area (Å²) in [4.78, 5) is 9.53. The first-order valence-corrected chi connectivity index (χ1v) is 10.7. The first kappa shape index (κ1) is 18.9. The van der Waals surface area contributed by atoms with Crippen LogP contribution in [-0.4, -0.2) is 47.7 Å². The Morgan fingerprint density at radius 2 is 1.63 bits per heavy atom. The Morgan fingerprint density at radius 1 is 0.867 bits per heavy atom. The molecule has 0 radical (unpaired) electrons. The van der Waals surface area contributed by atoms with Gasteiger partial charge in [-0.2, -0.15) is 0 Å². The monoisotopic (exact) mass is 396 g/mol.